The maximum Gasteiger partial charge on any atom is 0.222 e. The molecule has 1 heterocycles. The van der Waals surface area contributed by atoms with Gasteiger partial charge in [0.25, 0.3) is 0 Å². The highest BCUT2D eigenvalue weighted by Gasteiger charge is 2.04. The van der Waals surface area contributed by atoms with Gasteiger partial charge in [0.15, 0.2) is 5.82 Å². The number of amides is 1. The van der Waals surface area contributed by atoms with Crippen molar-refractivity contribution < 1.29 is 4.79 Å². The minimum Gasteiger partial charge on any atom is -0.309 e. The Balaban J connectivity index is 2.22. The number of aromatic amines is 1. The van der Waals surface area contributed by atoms with Gasteiger partial charge < -0.3 is 5.32 Å². The van der Waals surface area contributed by atoms with Crippen LogP contribution in [0.5, 0.6) is 0 Å². The number of aromatic nitrogens is 2. The first-order valence-corrected chi connectivity index (χ1v) is 5.31. The Bertz CT molecular complexity index is 533. The Morgan fingerprint density at radius 3 is 2.82 bits per heavy atom. The van der Waals surface area contributed by atoms with Gasteiger partial charge in [-0.1, -0.05) is 42.5 Å². The molecule has 0 fully saturated rings. The fourth-order valence-electron chi connectivity index (χ4n) is 1.46. The summed E-state index contributed by atoms with van der Waals surface area (Å²) < 4.78 is 0. The zero-order valence-electron chi connectivity index (χ0n) is 9.47. The third kappa shape index (κ3) is 3.04. The molecule has 0 saturated carbocycles. The summed E-state index contributed by atoms with van der Waals surface area (Å²) >= 11 is 0. The Morgan fingerprint density at radius 1 is 1.24 bits per heavy atom. The normalized spacial score (nSPS) is 22.8. The van der Waals surface area contributed by atoms with E-state index in [-0.39, 0.29) is 5.91 Å². The van der Waals surface area contributed by atoms with Gasteiger partial charge in [-0.2, -0.15) is 5.10 Å². The summed E-state index contributed by atoms with van der Waals surface area (Å²) in [6, 6.07) is 1.80. The molecule has 0 unspecified atom stereocenters. The Hall–Kier alpha value is -2.36. The number of hydrogen-bond acceptors (Lipinski definition) is 2. The topological polar surface area (TPSA) is 57.8 Å². The molecule has 0 bridgehead atoms. The van der Waals surface area contributed by atoms with E-state index in [2.05, 4.69) is 15.5 Å². The van der Waals surface area contributed by atoms with E-state index < -0.39 is 0 Å². The number of rotatable bonds is 2. The lowest BCUT2D eigenvalue weighted by Crippen LogP contribution is -2.05. The lowest BCUT2D eigenvalue weighted by molar-refractivity contribution is -0.114. The number of anilines is 1. The van der Waals surface area contributed by atoms with Crippen molar-refractivity contribution in [3.8, 4) is 0 Å². The van der Waals surface area contributed by atoms with Crippen LogP contribution in [0.1, 0.15) is 12.6 Å². The number of nitrogens with zero attached hydrogens (tertiary/aromatic N) is 1. The molecule has 0 aliphatic heterocycles. The van der Waals surface area contributed by atoms with Gasteiger partial charge in [0, 0.05) is 13.0 Å². The van der Waals surface area contributed by atoms with E-state index in [0.717, 1.165) is 11.3 Å². The third-order valence-corrected chi connectivity index (χ3v) is 2.19. The lowest BCUT2D eigenvalue weighted by atomic mass is 10.1. The molecule has 1 aliphatic rings. The number of carbonyl (C=O) groups is 1. The van der Waals surface area contributed by atoms with E-state index >= 15 is 0 Å². The number of allylic oxidation sites excluding steroid dienone is 8. The summed E-state index contributed by atoms with van der Waals surface area (Å²) in [6.45, 7) is 1.46. The van der Waals surface area contributed by atoms with Crippen LogP contribution in [0.4, 0.5) is 5.82 Å². The smallest absolute Gasteiger partial charge is 0.222 e. The van der Waals surface area contributed by atoms with Crippen molar-refractivity contribution in [2.24, 2.45) is 0 Å². The standard InChI is InChI=1S/C13H13N3O/c1-10(17)14-13-9-12(15-16-13)11-7-5-3-2-4-6-8-11/h2-9H,1H3,(H2,14,15,16,17)/b3-2-,4-2?,5-3?,6-4-,7-5-,8-6?,11-7?,11-8+. The van der Waals surface area contributed by atoms with Crippen LogP contribution < -0.4 is 5.32 Å². The fourth-order valence-corrected chi connectivity index (χ4v) is 1.46. The van der Waals surface area contributed by atoms with Gasteiger partial charge in [-0.15, -0.1) is 0 Å². The van der Waals surface area contributed by atoms with Gasteiger partial charge in [-0.05, 0) is 5.57 Å². The number of nitrogens with one attached hydrogen (secondary N) is 2. The second kappa shape index (κ2) is 5.12. The number of H-pyrrole nitrogens is 1. The van der Waals surface area contributed by atoms with Crippen LogP contribution in [0, 0.1) is 0 Å². The van der Waals surface area contributed by atoms with Crippen molar-refractivity contribution in [3.05, 3.63) is 54.3 Å². The molecule has 0 saturated heterocycles. The molecular formula is C13H13N3O. The average molecular weight is 227 g/mol. The highest BCUT2D eigenvalue weighted by atomic mass is 16.1. The summed E-state index contributed by atoms with van der Waals surface area (Å²) in [6.07, 6.45) is 13.7. The first-order chi connectivity index (χ1) is 8.25. The van der Waals surface area contributed by atoms with Gasteiger partial charge in [-0.25, -0.2) is 0 Å². The lowest BCUT2D eigenvalue weighted by Gasteiger charge is -1.97. The quantitative estimate of drug-likeness (QED) is 0.815. The maximum absolute atomic E-state index is 10.9. The van der Waals surface area contributed by atoms with Gasteiger partial charge >= 0.3 is 0 Å². The van der Waals surface area contributed by atoms with Gasteiger partial charge in [0.2, 0.25) is 5.91 Å². The molecule has 0 spiro atoms. The first-order valence-electron chi connectivity index (χ1n) is 5.31. The fraction of sp³-hybridized carbons (Fsp3) is 0.0769. The number of hydrogen-bond donors (Lipinski definition) is 2. The van der Waals surface area contributed by atoms with Crippen LogP contribution in [0.2, 0.25) is 0 Å². The zero-order chi connectivity index (χ0) is 12.1. The van der Waals surface area contributed by atoms with Crippen molar-refractivity contribution in [2.45, 2.75) is 6.92 Å². The van der Waals surface area contributed by atoms with Crippen LogP contribution in [-0.2, 0) is 4.79 Å². The molecular weight excluding hydrogens is 214 g/mol. The largest absolute Gasteiger partial charge is 0.309 e. The van der Waals surface area contributed by atoms with Crippen molar-refractivity contribution in [3.63, 3.8) is 0 Å². The van der Waals surface area contributed by atoms with E-state index in [1.165, 1.54) is 6.92 Å². The van der Waals surface area contributed by atoms with E-state index in [0.29, 0.717) is 5.82 Å². The minimum absolute atomic E-state index is 0.131. The van der Waals surface area contributed by atoms with E-state index in [9.17, 15) is 4.79 Å². The number of carbonyl (C=O) groups excluding carboxylic acids is 1. The summed E-state index contributed by atoms with van der Waals surface area (Å²) in [7, 11) is 0. The summed E-state index contributed by atoms with van der Waals surface area (Å²) in [5.74, 6) is 0.399. The van der Waals surface area contributed by atoms with Crippen LogP contribution in [-0.4, -0.2) is 16.1 Å². The molecule has 4 nitrogen and oxygen atoms in total. The first kappa shape index (κ1) is 11.1. The van der Waals surface area contributed by atoms with Gasteiger partial charge in [-0.3, -0.25) is 9.89 Å². The van der Waals surface area contributed by atoms with Gasteiger partial charge in [0.05, 0.1) is 5.69 Å². The molecule has 1 aromatic heterocycles. The highest BCUT2D eigenvalue weighted by Crippen LogP contribution is 2.17. The molecule has 1 aromatic rings. The SMILES string of the molecule is CC(=O)Nc1cc(C2=C/C=C\C=C/C=C\2)[nH]n1. The highest BCUT2D eigenvalue weighted by molar-refractivity contribution is 5.88. The summed E-state index contributed by atoms with van der Waals surface area (Å²) in [5.41, 5.74) is 1.87. The molecule has 2 rings (SSSR count). The van der Waals surface area contributed by atoms with Crippen LogP contribution in [0.25, 0.3) is 5.57 Å². The van der Waals surface area contributed by atoms with Crippen molar-refractivity contribution in [1.82, 2.24) is 10.2 Å². The van der Waals surface area contributed by atoms with Crippen molar-refractivity contribution in [2.75, 3.05) is 5.32 Å². The van der Waals surface area contributed by atoms with Crippen molar-refractivity contribution >= 4 is 17.3 Å². The Kier molecular flexibility index (Phi) is 3.35. The molecule has 86 valence electrons. The predicted octanol–water partition coefficient (Wildman–Crippen LogP) is 2.43. The van der Waals surface area contributed by atoms with E-state index in [1.54, 1.807) is 6.07 Å². The Labute approximate surface area is 99.4 Å². The molecule has 2 N–H and O–H groups in total. The van der Waals surface area contributed by atoms with E-state index in [1.807, 2.05) is 42.5 Å². The summed E-state index contributed by atoms with van der Waals surface area (Å²) in [4.78, 5) is 10.9. The third-order valence-electron chi connectivity index (χ3n) is 2.19. The molecule has 0 aromatic carbocycles. The molecule has 1 amide bonds. The predicted molar refractivity (Wildman–Crippen MR) is 68.3 cm³/mol. The Morgan fingerprint density at radius 2 is 2.00 bits per heavy atom. The minimum atomic E-state index is -0.131. The maximum atomic E-state index is 10.9. The van der Waals surface area contributed by atoms with Crippen LogP contribution in [0.15, 0.2) is 48.6 Å². The molecule has 1 aliphatic carbocycles. The van der Waals surface area contributed by atoms with Crippen LogP contribution in [0.3, 0.4) is 0 Å². The molecule has 0 atom stereocenters. The zero-order valence-corrected chi connectivity index (χ0v) is 9.47. The van der Waals surface area contributed by atoms with Crippen molar-refractivity contribution in [1.29, 1.82) is 0 Å². The van der Waals surface area contributed by atoms with Crippen LogP contribution >= 0.6 is 0 Å². The van der Waals surface area contributed by atoms with Gasteiger partial charge in [0.1, 0.15) is 0 Å². The second-order valence-electron chi connectivity index (χ2n) is 3.60. The molecule has 4 heteroatoms. The average Bonchev–Trinajstić information content (AvgIpc) is 2.64. The summed E-state index contributed by atoms with van der Waals surface area (Å²) in [5, 5.41) is 9.53. The second-order valence-corrected chi connectivity index (χ2v) is 3.60. The molecule has 17 heavy (non-hydrogen) atoms. The van der Waals surface area contributed by atoms with E-state index in [4.69, 9.17) is 0 Å². The monoisotopic (exact) mass is 227 g/mol. The molecule has 0 radical (unpaired) electrons.